The highest BCUT2D eigenvalue weighted by Crippen LogP contribution is 2.27. The van der Waals surface area contributed by atoms with Crippen molar-refractivity contribution in [3.8, 4) is 11.3 Å². The monoisotopic (exact) mass is 499 g/mol. The molecule has 0 aliphatic carbocycles. The summed E-state index contributed by atoms with van der Waals surface area (Å²) >= 11 is 9.55. The molecular weight excluding hydrogens is 478 g/mol. The van der Waals surface area contributed by atoms with Crippen LogP contribution in [0.4, 0.5) is 5.82 Å². The number of nitrogens with zero attached hydrogens (tertiary/aromatic N) is 3. The van der Waals surface area contributed by atoms with Crippen LogP contribution in [-0.2, 0) is 6.42 Å². The Labute approximate surface area is 194 Å². The van der Waals surface area contributed by atoms with E-state index in [2.05, 4.69) is 50.7 Å². The van der Waals surface area contributed by atoms with Crippen molar-refractivity contribution < 1.29 is 5.11 Å². The summed E-state index contributed by atoms with van der Waals surface area (Å²) in [7, 11) is 0. The van der Waals surface area contributed by atoms with Crippen molar-refractivity contribution in [1.82, 2.24) is 19.9 Å². The number of aromatic nitrogens is 3. The van der Waals surface area contributed by atoms with E-state index in [1.54, 1.807) is 10.7 Å². The van der Waals surface area contributed by atoms with Gasteiger partial charge in [-0.25, -0.2) is 4.98 Å². The van der Waals surface area contributed by atoms with E-state index >= 15 is 0 Å². The SMILES string of the molecule is Cc1ccccc1-c1cc(NCCNC(O)Cc2cccc(Cl)c2)n2ncc(Br)c2n1. The first-order valence-electron chi connectivity index (χ1n) is 10.0. The van der Waals surface area contributed by atoms with Crippen LogP contribution in [0.5, 0.6) is 0 Å². The molecule has 8 heteroatoms. The number of anilines is 1. The highest BCUT2D eigenvalue weighted by Gasteiger charge is 2.13. The van der Waals surface area contributed by atoms with Gasteiger partial charge in [-0.15, -0.1) is 0 Å². The van der Waals surface area contributed by atoms with E-state index in [4.69, 9.17) is 16.6 Å². The maximum Gasteiger partial charge on any atom is 0.172 e. The molecule has 0 saturated carbocycles. The Balaban J connectivity index is 1.44. The lowest BCUT2D eigenvalue weighted by molar-refractivity contribution is 0.139. The summed E-state index contributed by atoms with van der Waals surface area (Å²) in [5.74, 6) is 0.833. The van der Waals surface area contributed by atoms with Crippen LogP contribution < -0.4 is 10.6 Å². The predicted molar refractivity (Wildman–Crippen MR) is 129 cm³/mol. The van der Waals surface area contributed by atoms with Gasteiger partial charge in [-0.2, -0.15) is 9.61 Å². The fraction of sp³-hybridized carbons (Fsp3) is 0.217. The Kier molecular flexibility index (Phi) is 6.87. The molecule has 0 saturated heterocycles. The van der Waals surface area contributed by atoms with Crippen LogP contribution in [0.1, 0.15) is 11.1 Å². The first-order chi connectivity index (χ1) is 15.0. The van der Waals surface area contributed by atoms with Gasteiger partial charge < -0.3 is 10.4 Å². The number of hydrogen-bond donors (Lipinski definition) is 3. The van der Waals surface area contributed by atoms with Crippen LogP contribution in [-0.4, -0.2) is 39.0 Å². The fourth-order valence-corrected chi connectivity index (χ4v) is 4.01. The zero-order valence-corrected chi connectivity index (χ0v) is 19.4. The maximum atomic E-state index is 10.3. The summed E-state index contributed by atoms with van der Waals surface area (Å²) in [5.41, 5.74) is 4.85. The molecule has 1 atom stereocenters. The second kappa shape index (κ2) is 9.78. The van der Waals surface area contributed by atoms with Gasteiger partial charge in [0.15, 0.2) is 5.65 Å². The third-order valence-electron chi connectivity index (χ3n) is 4.98. The normalized spacial score (nSPS) is 12.3. The molecule has 1 unspecified atom stereocenters. The van der Waals surface area contributed by atoms with Crippen molar-refractivity contribution in [1.29, 1.82) is 0 Å². The van der Waals surface area contributed by atoms with Crippen LogP contribution in [0.15, 0.2) is 65.3 Å². The van der Waals surface area contributed by atoms with Crippen molar-refractivity contribution in [2.24, 2.45) is 0 Å². The number of hydrogen-bond acceptors (Lipinski definition) is 5. The van der Waals surface area contributed by atoms with Crippen molar-refractivity contribution >= 4 is 39.0 Å². The molecule has 2 aromatic heterocycles. The minimum absolute atomic E-state index is 0.490. The topological polar surface area (TPSA) is 74.5 Å². The molecule has 0 aliphatic rings. The average molecular weight is 501 g/mol. The van der Waals surface area contributed by atoms with Gasteiger partial charge in [0.1, 0.15) is 12.0 Å². The lowest BCUT2D eigenvalue weighted by atomic mass is 10.1. The third-order valence-corrected chi connectivity index (χ3v) is 5.77. The van der Waals surface area contributed by atoms with Crippen molar-refractivity contribution in [3.05, 3.63) is 81.4 Å². The fourth-order valence-electron chi connectivity index (χ4n) is 3.45. The van der Waals surface area contributed by atoms with Crippen molar-refractivity contribution in [3.63, 3.8) is 0 Å². The molecule has 31 heavy (non-hydrogen) atoms. The molecule has 0 bridgehead atoms. The number of halogens is 2. The Morgan fingerprint density at radius 2 is 1.97 bits per heavy atom. The van der Waals surface area contributed by atoms with Crippen LogP contribution in [0.3, 0.4) is 0 Å². The van der Waals surface area contributed by atoms with E-state index in [1.165, 1.54) is 0 Å². The molecule has 0 radical (unpaired) electrons. The summed E-state index contributed by atoms with van der Waals surface area (Å²) in [6.07, 6.45) is 1.57. The number of benzene rings is 2. The number of aliphatic hydroxyl groups excluding tert-OH is 1. The molecule has 0 fully saturated rings. The van der Waals surface area contributed by atoms with Crippen LogP contribution >= 0.6 is 27.5 Å². The van der Waals surface area contributed by atoms with Crippen LogP contribution in [0, 0.1) is 6.92 Å². The molecule has 2 aromatic carbocycles. The van der Waals surface area contributed by atoms with Crippen LogP contribution in [0.2, 0.25) is 5.02 Å². The van der Waals surface area contributed by atoms with Gasteiger partial charge in [-0.3, -0.25) is 5.32 Å². The minimum Gasteiger partial charge on any atom is -0.378 e. The smallest absolute Gasteiger partial charge is 0.172 e. The van der Waals surface area contributed by atoms with Gasteiger partial charge >= 0.3 is 0 Å². The van der Waals surface area contributed by atoms with Gasteiger partial charge in [0.25, 0.3) is 0 Å². The molecule has 0 spiro atoms. The number of rotatable bonds is 8. The molecule has 160 valence electrons. The summed E-state index contributed by atoms with van der Waals surface area (Å²) < 4.78 is 2.61. The van der Waals surface area contributed by atoms with Crippen molar-refractivity contribution in [2.45, 2.75) is 19.6 Å². The largest absolute Gasteiger partial charge is 0.378 e. The quantitative estimate of drug-likeness (QED) is 0.242. The molecule has 0 aliphatic heterocycles. The summed E-state index contributed by atoms with van der Waals surface area (Å²) in [6, 6.07) is 17.7. The van der Waals surface area contributed by atoms with E-state index < -0.39 is 6.23 Å². The van der Waals surface area contributed by atoms with E-state index in [9.17, 15) is 5.11 Å². The molecule has 6 nitrogen and oxygen atoms in total. The Morgan fingerprint density at radius 3 is 2.77 bits per heavy atom. The van der Waals surface area contributed by atoms with Crippen molar-refractivity contribution in [2.75, 3.05) is 18.4 Å². The predicted octanol–water partition coefficient (Wildman–Crippen LogP) is 4.68. The standard InChI is InChI=1S/C23H23BrClN5O/c1-15-5-2-3-8-18(15)20-13-21(30-23(29-20)19(24)14-28-30)26-9-10-27-22(31)12-16-6-4-7-17(25)11-16/h2-8,11,13-14,22,26-27,31H,9-10,12H2,1H3. The third kappa shape index (κ3) is 5.25. The van der Waals surface area contributed by atoms with Gasteiger partial charge in [-0.1, -0.05) is 48.0 Å². The second-order valence-electron chi connectivity index (χ2n) is 7.30. The lowest BCUT2D eigenvalue weighted by Gasteiger charge is -2.15. The molecular formula is C23H23BrClN5O. The molecule has 0 amide bonds. The zero-order valence-electron chi connectivity index (χ0n) is 17.0. The Bertz CT molecular complexity index is 1200. The number of nitrogens with one attached hydrogen (secondary N) is 2. The molecule has 3 N–H and O–H groups in total. The van der Waals surface area contributed by atoms with Gasteiger partial charge in [0, 0.05) is 36.2 Å². The zero-order chi connectivity index (χ0) is 21.8. The Hall–Kier alpha value is -2.45. The number of aryl methyl sites for hydroxylation is 1. The highest BCUT2D eigenvalue weighted by molar-refractivity contribution is 9.10. The number of fused-ring (bicyclic) bond motifs is 1. The van der Waals surface area contributed by atoms with E-state index in [1.807, 2.05) is 42.5 Å². The molecule has 4 rings (SSSR count). The van der Waals surface area contributed by atoms with E-state index in [0.29, 0.717) is 24.5 Å². The second-order valence-corrected chi connectivity index (χ2v) is 8.59. The molecule has 2 heterocycles. The average Bonchev–Trinajstić information content (AvgIpc) is 3.12. The summed E-state index contributed by atoms with van der Waals surface area (Å²) in [5, 5.41) is 21.9. The highest BCUT2D eigenvalue weighted by atomic mass is 79.9. The van der Waals surface area contributed by atoms with Gasteiger partial charge in [0.05, 0.1) is 16.4 Å². The number of aliphatic hydroxyl groups is 1. The maximum absolute atomic E-state index is 10.3. The lowest BCUT2D eigenvalue weighted by Crippen LogP contribution is -2.34. The first-order valence-corrected chi connectivity index (χ1v) is 11.2. The Morgan fingerprint density at radius 1 is 1.13 bits per heavy atom. The van der Waals surface area contributed by atoms with Gasteiger partial charge in [0.2, 0.25) is 0 Å². The van der Waals surface area contributed by atoms with Gasteiger partial charge in [-0.05, 0) is 46.1 Å². The van der Waals surface area contributed by atoms with Crippen LogP contribution in [0.25, 0.3) is 16.9 Å². The summed E-state index contributed by atoms with van der Waals surface area (Å²) in [4.78, 5) is 4.78. The molecule has 4 aromatic rings. The van der Waals surface area contributed by atoms with E-state index in [-0.39, 0.29) is 0 Å². The summed E-state index contributed by atoms with van der Waals surface area (Å²) in [6.45, 7) is 3.26. The minimum atomic E-state index is -0.654. The first kappa shape index (κ1) is 21.8. The van der Waals surface area contributed by atoms with E-state index in [0.717, 1.165) is 38.3 Å².